The van der Waals surface area contributed by atoms with E-state index < -0.39 is 10.0 Å². The summed E-state index contributed by atoms with van der Waals surface area (Å²) in [5.74, 6) is 0. The zero-order valence-electron chi connectivity index (χ0n) is 10.1. The van der Waals surface area contributed by atoms with Crippen LogP contribution in [0.1, 0.15) is 18.4 Å². The topological polar surface area (TPSA) is 66.4 Å². The number of nitrogens with one attached hydrogen (secondary N) is 1. The van der Waals surface area contributed by atoms with Crippen molar-refractivity contribution >= 4 is 21.6 Å². The summed E-state index contributed by atoms with van der Waals surface area (Å²) < 4.78 is 26.8. The summed E-state index contributed by atoms with van der Waals surface area (Å²) in [4.78, 5) is 0.198. The maximum Gasteiger partial charge on any atom is 0.240 e. The van der Waals surface area contributed by atoms with Crippen molar-refractivity contribution in [1.29, 1.82) is 0 Å². The smallest absolute Gasteiger partial charge is 0.240 e. The normalized spacial score (nSPS) is 17.7. The number of sulfonamides is 1. The maximum atomic E-state index is 12.1. The molecule has 18 heavy (non-hydrogen) atoms. The molecule has 0 amide bonds. The molecular weight excluding hydrogens is 274 g/mol. The fourth-order valence-electron chi connectivity index (χ4n) is 1.77. The van der Waals surface area contributed by atoms with Gasteiger partial charge in [-0.15, -0.1) is 0 Å². The van der Waals surface area contributed by atoms with E-state index in [9.17, 15) is 8.42 Å². The fourth-order valence-corrected chi connectivity index (χ4v) is 3.43. The molecule has 1 aliphatic rings. The largest absolute Gasteiger partial charge is 0.396 e. The van der Waals surface area contributed by atoms with E-state index in [-0.39, 0.29) is 23.5 Å². The summed E-state index contributed by atoms with van der Waals surface area (Å²) in [7, 11) is -3.56. The average Bonchev–Trinajstić information content (AvgIpc) is 3.11. The van der Waals surface area contributed by atoms with Gasteiger partial charge in [0.1, 0.15) is 0 Å². The Morgan fingerprint density at radius 1 is 1.44 bits per heavy atom. The van der Waals surface area contributed by atoms with E-state index in [4.69, 9.17) is 16.7 Å². The first-order chi connectivity index (χ1) is 8.40. The molecule has 1 saturated carbocycles. The highest BCUT2D eigenvalue weighted by Gasteiger charge is 2.42. The van der Waals surface area contributed by atoms with Crippen LogP contribution in [-0.2, 0) is 10.0 Å². The summed E-state index contributed by atoms with van der Waals surface area (Å²) in [5, 5.41) is 9.60. The SMILES string of the molecule is Cc1c(Cl)cccc1S(=O)(=O)NCC1(CO)CC1. The second-order valence-electron chi connectivity index (χ2n) is 4.85. The van der Waals surface area contributed by atoms with Gasteiger partial charge in [-0.1, -0.05) is 17.7 Å². The summed E-state index contributed by atoms with van der Waals surface area (Å²) in [5.41, 5.74) is 0.292. The first-order valence-corrected chi connectivity index (χ1v) is 7.62. The molecule has 1 aromatic carbocycles. The quantitative estimate of drug-likeness (QED) is 0.867. The monoisotopic (exact) mass is 289 g/mol. The molecule has 0 unspecified atom stereocenters. The molecule has 1 fully saturated rings. The zero-order valence-corrected chi connectivity index (χ0v) is 11.7. The van der Waals surface area contributed by atoms with E-state index in [1.807, 2.05) is 0 Å². The van der Waals surface area contributed by atoms with Gasteiger partial charge in [-0.2, -0.15) is 0 Å². The highest BCUT2D eigenvalue weighted by atomic mass is 35.5. The molecule has 0 heterocycles. The van der Waals surface area contributed by atoms with Crippen LogP contribution in [0.2, 0.25) is 5.02 Å². The van der Waals surface area contributed by atoms with Crippen LogP contribution in [0.25, 0.3) is 0 Å². The van der Waals surface area contributed by atoms with Gasteiger partial charge >= 0.3 is 0 Å². The molecule has 2 N–H and O–H groups in total. The van der Waals surface area contributed by atoms with Gasteiger partial charge in [-0.25, -0.2) is 13.1 Å². The van der Waals surface area contributed by atoms with Crippen molar-refractivity contribution in [3.8, 4) is 0 Å². The van der Waals surface area contributed by atoms with Gasteiger partial charge < -0.3 is 5.11 Å². The van der Waals surface area contributed by atoms with E-state index in [2.05, 4.69) is 4.72 Å². The Bertz CT molecular complexity index is 552. The fraction of sp³-hybridized carbons (Fsp3) is 0.500. The second-order valence-corrected chi connectivity index (χ2v) is 6.99. The highest BCUT2D eigenvalue weighted by Crippen LogP contribution is 2.44. The molecule has 1 aliphatic carbocycles. The van der Waals surface area contributed by atoms with Gasteiger partial charge in [-0.05, 0) is 37.5 Å². The van der Waals surface area contributed by atoms with Crippen LogP contribution in [0, 0.1) is 12.3 Å². The van der Waals surface area contributed by atoms with Gasteiger partial charge in [0, 0.05) is 23.6 Å². The zero-order chi connectivity index (χ0) is 13.4. The lowest BCUT2D eigenvalue weighted by Crippen LogP contribution is -2.32. The summed E-state index contributed by atoms with van der Waals surface area (Å²) >= 11 is 5.92. The average molecular weight is 290 g/mol. The van der Waals surface area contributed by atoms with Gasteiger partial charge in [0.2, 0.25) is 10.0 Å². The van der Waals surface area contributed by atoms with Gasteiger partial charge in [-0.3, -0.25) is 0 Å². The van der Waals surface area contributed by atoms with Crippen LogP contribution in [0.5, 0.6) is 0 Å². The van der Waals surface area contributed by atoms with Gasteiger partial charge in [0.15, 0.2) is 0 Å². The minimum absolute atomic E-state index is 0.0179. The predicted octanol–water partition coefficient (Wildman–Crippen LogP) is 1.70. The Balaban J connectivity index is 2.18. The molecule has 6 heteroatoms. The lowest BCUT2D eigenvalue weighted by atomic mass is 10.1. The van der Waals surface area contributed by atoms with Crippen LogP contribution >= 0.6 is 11.6 Å². The van der Waals surface area contributed by atoms with Crippen LogP contribution in [-0.4, -0.2) is 26.7 Å². The third kappa shape index (κ3) is 2.69. The lowest BCUT2D eigenvalue weighted by molar-refractivity contribution is 0.213. The van der Waals surface area contributed by atoms with E-state index in [0.29, 0.717) is 10.6 Å². The second kappa shape index (κ2) is 4.81. The molecule has 0 saturated heterocycles. The molecule has 1 aromatic rings. The van der Waals surface area contributed by atoms with Gasteiger partial charge in [0.25, 0.3) is 0 Å². The Morgan fingerprint density at radius 3 is 2.67 bits per heavy atom. The molecule has 0 aromatic heterocycles. The van der Waals surface area contributed by atoms with Crippen molar-refractivity contribution in [2.45, 2.75) is 24.7 Å². The highest BCUT2D eigenvalue weighted by molar-refractivity contribution is 7.89. The molecule has 0 bridgehead atoms. The first-order valence-electron chi connectivity index (χ1n) is 5.76. The first kappa shape index (κ1) is 13.8. The molecule has 0 atom stereocenters. The van der Waals surface area contributed by atoms with Crippen molar-refractivity contribution in [3.63, 3.8) is 0 Å². The summed E-state index contributed by atoms with van der Waals surface area (Å²) in [6.07, 6.45) is 1.72. The number of benzene rings is 1. The number of halogens is 1. The van der Waals surface area contributed by atoms with E-state index in [1.54, 1.807) is 19.1 Å². The predicted molar refractivity (Wildman–Crippen MR) is 70.1 cm³/mol. The Hall–Kier alpha value is -0.620. The minimum Gasteiger partial charge on any atom is -0.396 e. The summed E-state index contributed by atoms with van der Waals surface area (Å²) in [6.45, 7) is 1.97. The van der Waals surface area contributed by atoms with Crippen LogP contribution in [0.15, 0.2) is 23.1 Å². The van der Waals surface area contributed by atoms with Crippen molar-refractivity contribution in [2.75, 3.05) is 13.2 Å². The third-order valence-corrected chi connectivity index (χ3v) is 5.39. The standard InChI is InChI=1S/C12H16ClNO3S/c1-9-10(13)3-2-4-11(9)18(16,17)14-7-12(8-15)5-6-12/h2-4,14-15H,5-8H2,1H3. The molecule has 0 aliphatic heterocycles. The molecule has 4 nitrogen and oxygen atoms in total. The molecule has 2 rings (SSSR count). The van der Waals surface area contributed by atoms with Crippen molar-refractivity contribution < 1.29 is 13.5 Å². The Kier molecular flexibility index (Phi) is 3.69. The number of hydrogen-bond donors (Lipinski definition) is 2. The van der Waals surface area contributed by atoms with E-state index in [1.165, 1.54) is 6.07 Å². The van der Waals surface area contributed by atoms with Crippen molar-refractivity contribution in [3.05, 3.63) is 28.8 Å². The number of aliphatic hydroxyl groups excluding tert-OH is 1. The number of aliphatic hydroxyl groups is 1. The molecule has 0 radical (unpaired) electrons. The molecular formula is C12H16ClNO3S. The number of hydrogen-bond acceptors (Lipinski definition) is 3. The van der Waals surface area contributed by atoms with Crippen molar-refractivity contribution in [2.24, 2.45) is 5.41 Å². The van der Waals surface area contributed by atoms with Crippen LogP contribution in [0.4, 0.5) is 0 Å². The lowest BCUT2D eigenvalue weighted by Gasteiger charge is -2.14. The van der Waals surface area contributed by atoms with Crippen LogP contribution < -0.4 is 4.72 Å². The Morgan fingerprint density at radius 2 is 2.11 bits per heavy atom. The summed E-state index contributed by atoms with van der Waals surface area (Å²) in [6, 6.07) is 4.80. The van der Waals surface area contributed by atoms with Gasteiger partial charge in [0.05, 0.1) is 4.90 Å². The maximum absolute atomic E-state index is 12.1. The van der Waals surface area contributed by atoms with Crippen LogP contribution in [0.3, 0.4) is 0 Å². The number of rotatable bonds is 5. The third-order valence-electron chi connectivity index (χ3n) is 3.44. The molecule has 0 spiro atoms. The Labute approximate surface area is 112 Å². The van der Waals surface area contributed by atoms with E-state index >= 15 is 0 Å². The van der Waals surface area contributed by atoms with E-state index in [0.717, 1.165) is 12.8 Å². The van der Waals surface area contributed by atoms with Crippen molar-refractivity contribution in [1.82, 2.24) is 4.72 Å². The molecule has 100 valence electrons. The minimum atomic E-state index is -3.56.